The minimum atomic E-state index is -0.427. The third-order valence-corrected chi connectivity index (χ3v) is 4.97. The lowest BCUT2D eigenvalue weighted by atomic mass is 9.98. The lowest BCUT2D eigenvalue weighted by Crippen LogP contribution is -2.36. The Balaban J connectivity index is 1.57. The second-order valence-electron chi connectivity index (χ2n) is 6.45. The van der Waals surface area contributed by atoms with E-state index in [0.29, 0.717) is 37.1 Å². The Kier molecular flexibility index (Phi) is 5.91. The molecule has 4 nitrogen and oxygen atoms in total. The van der Waals surface area contributed by atoms with Gasteiger partial charge in [0.1, 0.15) is 5.82 Å². The van der Waals surface area contributed by atoms with Gasteiger partial charge in [-0.3, -0.25) is 9.59 Å². The second-order valence-corrected chi connectivity index (χ2v) is 6.86. The average Bonchev–Trinajstić information content (AvgIpc) is 2.69. The molecule has 140 valence electrons. The molecule has 6 heteroatoms. The summed E-state index contributed by atoms with van der Waals surface area (Å²) in [4.78, 5) is 25.5. The van der Waals surface area contributed by atoms with Crippen LogP contribution in [0.2, 0.25) is 5.02 Å². The van der Waals surface area contributed by atoms with Crippen molar-refractivity contribution in [3.8, 4) is 0 Å². The number of benzene rings is 2. The predicted octanol–water partition coefficient (Wildman–Crippen LogP) is 4.12. The van der Waals surface area contributed by atoms with Crippen LogP contribution in [0.25, 0.3) is 0 Å². The topological polar surface area (TPSA) is 49.4 Å². The van der Waals surface area contributed by atoms with Crippen LogP contribution in [0.1, 0.15) is 23.1 Å². The van der Waals surface area contributed by atoms with Gasteiger partial charge in [0.2, 0.25) is 11.8 Å². The van der Waals surface area contributed by atoms with Crippen molar-refractivity contribution >= 4 is 29.1 Å². The van der Waals surface area contributed by atoms with E-state index < -0.39 is 5.82 Å². The number of anilines is 1. The summed E-state index contributed by atoms with van der Waals surface area (Å²) in [6.07, 6.45) is 2.76. The summed E-state index contributed by atoms with van der Waals surface area (Å²) in [7, 11) is 0. The zero-order valence-electron chi connectivity index (χ0n) is 14.8. The number of halogens is 2. The maximum absolute atomic E-state index is 14.2. The van der Waals surface area contributed by atoms with E-state index in [2.05, 4.69) is 11.9 Å². The first-order valence-electron chi connectivity index (χ1n) is 8.74. The minimum Gasteiger partial charge on any atom is -0.338 e. The van der Waals surface area contributed by atoms with Crippen molar-refractivity contribution in [1.82, 2.24) is 4.90 Å². The Hall–Kier alpha value is -2.66. The van der Waals surface area contributed by atoms with E-state index in [9.17, 15) is 14.0 Å². The van der Waals surface area contributed by atoms with Crippen molar-refractivity contribution < 1.29 is 14.0 Å². The van der Waals surface area contributed by atoms with Gasteiger partial charge in [-0.2, -0.15) is 0 Å². The number of rotatable bonds is 5. The first kappa shape index (κ1) is 19.1. The van der Waals surface area contributed by atoms with Gasteiger partial charge < -0.3 is 10.2 Å². The molecule has 0 spiro atoms. The van der Waals surface area contributed by atoms with Gasteiger partial charge in [0.05, 0.1) is 5.02 Å². The Labute approximate surface area is 162 Å². The predicted molar refractivity (Wildman–Crippen MR) is 104 cm³/mol. The molecule has 2 aromatic rings. The van der Waals surface area contributed by atoms with Crippen LogP contribution in [0.3, 0.4) is 0 Å². The highest BCUT2D eigenvalue weighted by Crippen LogP contribution is 2.27. The fourth-order valence-corrected chi connectivity index (χ4v) is 3.31. The third kappa shape index (κ3) is 4.55. The zero-order valence-corrected chi connectivity index (χ0v) is 15.6. The minimum absolute atomic E-state index is 0.0101. The van der Waals surface area contributed by atoms with Crippen LogP contribution in [-0.4, -0.2) is 23.3 Å². The summed E-state index contributed by atoms with van der Waals surface area (Å²) in [5.41, 5.74) is 3.10. The quantitative estimate of drug-likeness (QED) is 0.786. The van der Waals surface area contributed by atoms with Gasteiger partial charge in [0.15, 0.2) is 0 Å². The summed E-state index contributed by atoms with van der Waals surface area (Å²) in [5.74, 6) is -0.705. The standard InChI is InChI=1S/C21H20ClFN2O2/c1-2-19(26)24-16-7-3-14(4-8-16)5-10-20(27)25-12-11-15-6-9-18(22)21(23)17(15)13-25/h2-4,6-9H,1,5,10-13H2,(H,24,26). The van der Waals surface area contributed by atoms with E-state index in [4.69, 9.17) is 11.6 Å². The first-order valence-corrected chi connectivity index (χ1v) is 9.11. The van der Waals surface area contributed by atoms with Gasteiger partial charge in [-0.1, -0.05) is 36.4 Å². The molecule has 0 atom stereocenters. The number of nitrogens with one attached hydrogen (secondary N) is 1. The molecule has 0 saturated heterocycles. The smallest absolute Gasteiger partial charge is 0.247 e. The van der Waals surface area contributed by atoms with Gasteiger partial charge in [-0.05, 0) is 48.2 Å². The molecule has 0 aromatic heterocycles. The van der Waals surface area contributed by atoms with Gasteiger partial charge in [-0.25, -0.2) is 4.39 Å². The first-order chi connectivity index (χ1) is 13.0. The molecular formula is C21H20ClFN2O2. The molecule has 1 heterocycles. The largest absolute Gasteiger partial charge is 0.338 e. The van der Waals surface area contributed by atoms with E-state index in [0.717, 1.165) is 11.1 Å². The maximum Gasteiger partial charge on any atom is 0.247 e. The normalized spacial score (nSPS) is 13.0. The van der Waals surface area contributed by atoms with Crippen molar-refractivity contribution in [2.24, 2.45) is 0 Å². The van der Waals surface area contributed by atoms with Crippen LogP contribution < -0.4 is 5.32 Å². The zero-order chi connectivity index (χ0) is 19.4. The molecule has 2 amide bonds. The summed E-state index contributed by atoms with van der Waals surface area (Å²) in [5, 5.41) is 2.77. The number of aryl methyl sites for hydroxylation is 1. The number of fused-ring (bicyclic) bond motifs is 1. The highest BCUT2D eigenvalue weighted by Gasteiger charge is 2.24. The van der Waals surface area contributed by atoms with Crippen molar-refractivity contribution in [2.45, 2.75) is 25.8 Å². The van der Waals surface area contributed by atoms with Crippen molar-refractivity contribution in [1.29, 1.82) is 0 Å². The fourth-order valence-electron chi connectivity index (χ4n) is 3.13. The molecule has 0 bridgehead atoms. The number of hydrogen-bond donors (Lipinski definition) is 1. The van der Waals surface area contributed by atoms with Crippen molar-refractivity contribution in [3.63, 3.8) is 0 Å². The molecule has 0 radical (unpaired) electrons. The molecule has 0 aliphatic carbocycles. The van der Waals surface area contributed by atoms with E-state index in [-0.39, 0.29) is 23.4 Å². The lowest BCUT2D eigenvalue weighted by Gasteiger charge is -2.29. The van der Waals surface area contributed by atoms with Gasteiger partial charge in [0, 0.05) is 30.8 Å². The highest BCUT2D eigenvalue weighted by molar-refractivity contribution is 6.30. The van der Waals surface area contributed by atoms with Crippen LogP contribution in [-0.2, 0) is 29.0 Å². The van der Waals surface area contributed by atoms with E-state index >= 15 is 0 Å². The Morgan fingerprint density at radius 3 is 2.67 bits per heavy atom. The molecule has 0 fully saturated rings. The molecule has 3 rings (SSSR count). The molecular weight excluding hydrogens is 367 g/mol. The van der Waals surface area contributed by atoms with Gasteiger partial charge in [0.25, 0.3) is 0 Å². The summed E-state index contributed by atoms with van der Waals surface area (Å²) >= 11 is 5.86. The number of carbonyl (C=O) groups is 2. The molecule has 0 unspecified atom stereocenters. The van der Waals surface area contributed by atoms with Crippen LogP contribution >= 0.6 is 11.6 Å². The van der Waals surface area contributed by atoms with Crippen LogP contribution in [0, 0.1) is 5.82 Å². The molecule has 0 saturated carbocycles. The second kappa shape index (κ2) is 8.35. The van der Waals surface area contributed by atoms with Crippen LogP contribution in [0.4, 0.5) is 10.1 Å². The van der Waals surface area contributed by atoms with Gasteiger partial charge >= 0.3 is 0 Å². The van der Waals surface area contributed by atoms with Crippen LogP contribution in [0.5, 0.6) is 0 Å². The Morgan fingerprint density at radius 2 is 1.96 bits per heavy atom. The summed E-state index contributed by atoms with van der Waals surface area (Å²) in [6.45, 7) is 4.25. The molecule has 1 aliphatic heterocycles. The highest BCUT2D eigenvalue weighted by atomic mass is 35.5. The molecule has 2 aromatic carbocycles. The third-order valence-electron chi connectivity index (χ3n) is 4.68. The van der Waals surface area contributed by atoms with E-state index in [1.807, 2.05) is 18.2 Å². The fraction of sp³-hybridized carbons (Fsp3) is 0.238. The van der Waals surface area contributed by atoms with Crippen LogP contribution in [0.15, 0.2) is 49.1 Å². The lowest BCUT2D eigenvalue weighted by molar-refractivity contribution is -0.132. The maximum atomic E-state index is 14.2. The van der Waals surface area contributed by atoms with E-state index in [1.54, 1.807) is 23.1 Å². The van der Waals surface area contributed by atoms with Crippen molar-refractivity contribution in [3.05, 3.63) is 76.6 Å². The summed E-state index contributed by atoms with van der Waals surface area (Å²) < 4.78 is 14.2. The SMILES string of the molecule is C=CC(=O)Nc1ccc(CCC(=O)N2CCc3ccc(Cl)c(F)c3C2)cc1. The average molecular weight is 387 g/mol. The molecule has 1 N–H and O–H groups in total. The molecule has 1 aliphatic rings. The van der Waals surface area contributed by atoms with E-state index in [1.165, 1.54) is 6.08 Å². The van der Waals surface area contributed by atoms with Gasteiger partial charge in [-0.15, -0.1) is 0 Å². The number of carbonyl (C=O) groups excluding carboxylic acids is 2. The number of nitrogens with zero attached hydrogens (tertiary/aromatic N) is 1. The monoisotopic (exact) mass is 386 g/mol. The van der Waals surface area contributed by atoms with Crippen molar-refractivity contribution in [2.75, 3.05) is 11.9 Å². The Bertz CT molecular complexity index is 880. The molecule has 27 heavy (non-hydrogen) atoms. The number of hydrogen-bond acceptors (Lipinski definition) is 2. The number of amides is 2. The Morgan fingerprint density at radius 1 is 1.22 bits per heavy atom. The summed E-state index contributed by atoms with van der Waals surface area (Å²) in [6, 6.07) is 10.7.